The Morgan fingerprint density at radius 1 is 1.00 bits per heavy atom. The smallest absolute Gasteiger partial charge is 0.218 e. The van der Waals surface area contributed by atoms with E-state index in [0.29, 0.717) is 28.7 Å². The SMILES string of the molecule is CC1(C)CN(c2nc(-c3ccnc(Nc4nc(F)c(C5CC5)cc4F)c3)nc3cncc(C4CC4)c23)CCN1. The van der Waals surface area contributed by atoms with E-state index in [4.69, 9.17) is 9.97 Å². The van der Waals surface area contributed by atoms with Crippen molar-refractivity contribution in [3.8, 4) is 11.4 Å². The monoisotopic (exact) mass is 528 g/mol. The zero-order chi connectivity index (χ0) is 26.7. The van der Waals surface area contributed by atoms with E-state index in [1.807, 2.05) is 12.3 Å². The van der Waals surface area contributed by atoms with E-state index in [-0.39, 0.29) is 17.3 Å². The van der Waals surface area contributed by atoms with Crippen LogP contribution in [0.4, 0.5) is 26.2 Å². The molecule has 0 radical (unpaired) electrons. The summed E-state index contributed by atoms with van der Waals surface area (Å²) in [6.45, 7) is 6.89. The standard InChI is InChI=1S/C29H30F2N8/c1-29(2)15-39(10-9-34-29)28-24-20(17-5-6-17)13-32-14-22(24)35-26(38-28)18-7-8-33-23(11-18)36-27-21(30)12-19(16-3-4-16)25(31)37-27/h7-8,11-14,16-17,34H,3-6,9-10,15H2,1-2H3,(H,33,36,37). The zero-order valence-corrected chi connectivity index (χ0v) is 22.0. The van der Waals surface area contributed by atoms with E-state index in [1.165, 1.54) is 11.6 Å². The summed E-state index contributed by atoms with van der Waals surface area (Å²) >= 11 is 0. The molecule has 0 unspecified atom stereocenters. The van der Waals surface area contributed by atoms with Gasteiger partial charge in [-0.1, -0.05) is 0 Å². The number of nitrogens with one attached hydrogen (secondary N) is 2. The van der Waals surface area contributed by atoms with Gasteiger partial charge in [0.05, 0.1) is 11.7 Å². The highest BCUT2D eigenvalue weighted by atomic mass is 19.1. The maximum atomic E-state index is 14.8. The van der Waals surface area contributed by atoms with Gasteiger partial charge in [-0.05, 0) is 75.1 Å². The Labute approximate surface area is 225 Å². The fourth-order valence-electron chi connectivity index (χ4n) is 5.48. The molecular formula is C29H30F2N8. The number of fused-ring (bicyclic) bond motifs is 1. The summed E-state index contributed by atoms with van der Waals surface area (Å²) in [5.74, 6) is 0.893. The zero-order valence-electron chi connectivity index (χ0n) is 22.0. The molecule has 8 nitrogen and oxygen atoms in total. The number of rotatable bonds is 6. The third-order valence-corrected chi connectivity index (χ3v) is 7.74. The average Bonchev–Trinajstić information content (AvgIpc) is 3.83. The molecule has 5 heterocycles. The van der Waals surface area contributed by atoms with Crippen LogP contribution in [0.25, 0.3) is 22.3 Å². The maximum absolute atomic E-state index is 14.8. The van der Waals surface area contributed by atoms with Gasteiger partial charge in [-0.25, -0.2) is 19.3 Å². The van der Waals surface area contributed by atoms with Gasteiger partial charge in [-0.15, -0.1) is 0 Å². The minimum atomic E-state index is -0.641. The Bertz CT molecular complexity index is 1580. The topological polar surface area (TPSA) is 91.8 Å². The molecule has 1 aliphatic heterocycles. The van der Waals surface area contributed by atoms with Gasteiger partial charge < -0.3 is 15.5 Å². The van der Waals surface area contributed by atoms with Crippen LogP contribution in [0, 0.1) is 11.8 Å². The average molecular weight is 529 g/mol. The molecule has 2 aliphatic carbocycles. The summed E-state index contributed by atoms with van der Waals surface area (Å²) in [5, 5.41) is 7.49. The molecule has 0 bridgehead atoms. The van der Waals surface area contributed by atoms with Gasteiger partial charge in [0.1, 0.15) is 11.6 Å². The molecule has 0 aromatic carbocycles. The molecule has 4 aromatic rings. The van der Waals surface area contributed by atoms with Crippen molar-refractivity contribution in [2.24, 2.45) is 0 Å². The van der Waals surface area contributed by atoms with Crippen LogP contribution in [0.3, 0.4) is 0 Å². The minimum Gasteiger partial charge on any atom is -0.353 e. The summed E-state index contributed by atoms with van der Waals surface area (Å²) in [6, 6.07) is 4.79. The van der Waals surface area contributed by atoms with E-state index in [9.17, 15) is 8.78 Å². The summed E-state index contributed by atoms with van der Waals surface area (Å²) in [7, 11) is 0. The molecule has 0 atom stereocenters. The predicted octanol–water partition coefficient (Wildman–Crippen LogP) is 5.45. The number of hydrogen-bond donors (Lipinski definition) is 2. The molecule has 0 spiro atoms. The van der Waals surface area contributed by atoms with E-state index in [0.717, 1.165) is 62.0 Å². The van der Waals surface area contributed by atoms with Gasteiger partial charge in [0, 0.05) is 54.1 Å². The van der Waals surface area contributed by atoms with Crippen LogP contribution in [0.2, 0.25) is 0 Å². The highest BCUT2D eigenvalue weighted by Crippen LogP contribution is 2.45. The molecule has 7 rings (SSSR count). The number of pyridine rings is 3. The normalized spacial score (nSPS) is 18.9. The van der Waals surface area contributed by atoms with E-state index >= 15 is 0 Å². The Morgan fingerprint density at radius 3 is 2.56 bits per heavy atom. The highest BCUT2D eigenvalue weighted by molar-refractivity contribution is 5.94. The summed E-state index contributed by atoms with van der Waals surface area (Å²) in [5.41, 5.74) is 3.00. The Balaban J connectivity index is 1.28. The van der Waals surface area contributed by atoms with Crippen molar-refractivity contribution in [3.05, 3.63) is 59.7 Å². The molecule has 4 aromatic heterocycles. The summed E-state index contributed by atoms with van der Waals surface area (Å²) in [4.78, 5) is 25.0. The molecule has 10 heteroatoms. The van der Waals surface area contributed by atoms with Gasteiger partial charge in [0.15, 0.2) is 17.5 Å². The Morgan fingerprint density at radius 2 is 1.79 bits per heavy atom. The number of anilines is 3. The van der Waals surface area contributed by atoms with Crippen molar-refractivity contribution in [2.75, 3.05) is 29.9 Å². The summed E-state index contributed by atoms with van der Waals surface area (Å²) < 4.78 is 29.3. The number of halogens is 2. The van der Waals surface area contributed by atoms with Crippen molar-refractivity contribution in [3.63, 3.8) is 0 Å². The Hall–Kier alpha value is -3.79. The van der Waals surface area contributed by atoms with Gasteiger partial charge in [-0.3, -0.25) is 4.98 Å². The van der Waals surface area contributed by atoms with Crippen LogP contribution >= 0.6 is 0 Å². The van der Waals surface area contributed by atoms with Crippen LogP contribution in [-0.4, -0.2) is 50.1 Å². The number of aromatic nitrogens is 5. The van der Waals surface area contributed by atoms with Crippen LogP contribution in [0.15, 0.2) is 36.8 Å². The predicted molar refractivity (Wildman–Crippen MR) is 146 cm³/mol. The molecule has 200 valence electrons. The van der Waals surface area contributed by atoms with Gasteiger partial charge in [-0.2, -0.15) is 9.37 Å². The lowest BCUT2D eigenvalue weighted by atomic mass is 10.0. The number of hydrogen-bond acceptors (Lipinski definition) is 8. The summed E-state index contributed by atoms with van der Waals surface area (Å²) in [6.07, 6.45) is 9.40. The van der Waals surface area contributed by atoms with E-state index in [1.54, 1.807) is 18.5 Å². The molecule has 0 amide bonds. The molecular weight excluding hydrogens is 498 g/mol. The van der Waals surface area contributed by atoms with Crippen molar-refractivity contribution < 1.29 is 8.78 Å². The third-order valence-electron chi connectivity index (χ3n) is 7.74. The number of piperazine rings is 1. The van der Waals surface area contributed by atoms with Crippen LogP contribution in [0.5, 0.6) is 0 Å². The quantitative estimate of drug-likeness (QED) is 0.320. The molecule has 3 fully saturated rings. The van der Waals surface area contributed by atoms with Crippen molar-refractivity contribution in [2.45, 2.75) is 56.9 Å². The second-order valence-electron chi connectivity index (χ2n) is 11.5. The fourth-order valence-corrected chi connectivity index (χ4v) is 5.48. The first-order valence-electron chi connectivity index (χ1n) is 13.6. The second kappa shape index (κ2) is 9.15. The third kappa shape index (κ3) is 4.78. The largest absolute Gasteiger partial charge is 0.353 e. The van der Waals surface area contributed by atoms with Crippen LogP contribution in [0.1, 0.15) is 62.5 Å². The molecule has 2 saturated carbocycles. The first-order valence-corrected chi connectivity index (χ1v) is 13.6. The van der Waals surface area contributed by atoms with Gasteiger partial charge in [0.2, 0.25) is 5.95 Å². The lowest BCUT2D eigenvalue weighted by molar-refractivity contribution is 0.352. The van der Waals surface area contributed by atoms with Gasteiger partial charge in [0.25, 0.3) is 0 Å². The first-order chi connectivity index (χ1) is 18.8. The maximum Gasteiger partial charge on any atom is 0.218 e. The molecule has 3 aliphatic rings. The van der Waals surface area contributed by atoms with Crippen molar-refractivity contribution >= 4 is 28.4 Å². The minimum absolute atomic E-state index is 0.0579. The van der Waals surface area contributed by atoms with E-state index in [2.05, 4.69) is 44.3 Å². The fraction of sp³-hybridized carbons (Fsp3) is 0.414. The first kappa shape index (κ1) is 24.3. The van der Waals surface area contributed by atoms with Crippen LogP contribution in [-0.2, 0) is 0 Å². The molecule has 1 saturated heterocycles. The Kier molecular flexibility index (Phi) is 5.69. The van der Waals surface area contributed by atoms with E-state index < -0.39 is 11.8 Å². The highest BCUT2D eigenvalue weighted by Gasteiger charge is 2.32. The van der Waals surface area contributed by atoms with Crippen molar-refractivity contribution in [1.29, 1.82) is 0 Å². The molecule has 2 N–H and O–H groups in total. The van der Waals surface area contributed by atoms with Gasteiger partial charge >= 0.3 is 0 Å². The van der Waals surface area contributed by atoms with Crippen LogP contribution < -0.4 is 15.5 Å². The second-order valence-corrected chi connectivity index (χ2v) is 11.5. The molecule has 39 heavy (non-hydrogen) atoms. The number of nitrogens with zero attached hydrogens (tertiary/aromatic N) is 6. The van der Waals surface area contributed by atoms with Crippen molar-refractivity contribution in [1.82, 2.24) is 30.2 Å². The lowest BCUT2D eigenvalue weighted by Crippen LogP contribution is -2.57. The lowest BCUT2D eigenvalue weighted by Gasteiger charge is -2.40.